The average molecular weight is 342 g/mol. The molecule has 0 saturated carbocycles. The van der Waals surface area contributed by atoms with Gasteiger partial charge in [-0.3, -0.25) is 4.99 Å². The Labute approximate surface area is 152 Å². The molecule has 0 radical (unpaired) electrons. The monoisotopic (exact) mass is 342 g/mol. The number of aliphatic imine (C=N–C) groups is 1. The van der Waals surface area contributed by atoms with Crippen LogP contribution in [-0.2, 0) is 19.6 Å². The number of benzene rings is 2. The lowest BCUT2D eigenvalue weighted by molar-refractivity contribution is 0.417. The first-order chi connectivity index (χ1) is 12.6. The highest BCUT2D eigenvalue weighted by molar-refractivity contribution is 5.91. The Morgan fingerprint density at radius 2 is 1.96 bits per heavy atom. The van der Waals surface area contributed by atoms with E-state index >= 15 is 0 Å². The molecule has 1 aliphatic rings. The molecule has 0 atom stereocenters. The van der Waals surface area contributed by atoms with Crippen LogP contribution >= 0.6 is 0 Å². The predicted molar refractivity (Wildman–Crippen MR) is 100 cm³/mol. The van der Waals surface area contributed by atoms with Gasteiger partial charge in [-0.05, 0) is 58.3 Å². The van der Waals surface area contributed by atoms with Crippen LogP contribution in [0.1, 0.15) is 22.3 Å². The highest BCUT2D eigenvalue weighted by atomic mass is 15.1. The molecule has 0 bridgehead atoms. The smallest absolute Gasteiger partial charge is 0.179 e. The van der Waals surface area contributed by atoms with Crippen molar-refractivity contribution >= 4 is 5.84 Å². The molecule has 0 spiro atoms. The van der Waals surface area contributed by atoms with E-state index in [1.165, 1.54) is 6.20 Å². The maximum absolute atomic E-state index is 9.25. The molecule has 4 N–H and O–H groups in total. The van der Waals surface area contributed by atoms with E-state index < -0.39 is 0 Å². The number of nitrogens with two attached hydrogens (primary N) is 2. The summed E-state index contributed by atoms with van der Waals surface area (Å²) in [5.74, 6) is 0.367. The Balaban J connectivity index is 2.03. The van der Waals surface area contributed by atoms with Crippen molar-refractivity contribution in [1.29, 1.82) is 10.5 Å². The molecule has 1 heterocycles. The lowest BCUT2D eigenvalue weighted by atomic mass is 9.94. The first-order valence-corrected chi connectivity index (χ1v) is 8.12. The normalized spacial score (nSPS) is 13.5. The van der Waals surface area contributed by atoms with E-state index in [1.54, 1.807) is 23.1 Å². The molecule has 0 unspecified atom stereocenters. The van der Waals surface area contributed by atoms with Crippen LogP contribution in [0.4, 0.5) is 0 Å². The summed E-state index contributed by atoms with van der Waals surface area (Å²) in [4.78, 5) is 6.04. The fourth-order valence-electron chi connectivity index (χ4n) is 3.06. The maximum atomic E-state index is 9.25. The van der Waals surface area contributed by atoms with Gasteiger partial charge in [0.25, 0.3) is 0 Å². The van der Waals surface area contributed by atoms with Crippen LogP contribution in [-0.4, -0.2) is 10.7 Å². The van der Waals surface area contributed by atoms with Crippen molar-refractivity contribution in [3.63, 3.8) is 0 Å². The highest BCUT2D eigenvalue weighted by Gasteiger charge is 2.22. The number of hydrogen-bond acceptors (Lipinski definition) is 5. The molecular formula is C20H18N6. The Kier molecular flexibility index (Phi) is 4.87. The summed E-state index contributed by atoms with van der Waals surface area (Å²) in [6, 6.07) is 13.7. The molecule has 0 aromatic heterocycles. The molecule has 2 aromatic rings. The van der Waals surface area contributed by atoms with Crippen molar-refractivity contribution in [1.82, 2.24) is 4.90 Å². The maximum Gasteiger partial charge on any atom is 0.179 e. The zero-order valence-electron chi connectivity index (χ0n) is 14.2. The van der Waals surface area contributed by atoms with Gasteiger partial charge in [-0.2, -0.15) is 10.5 Å². The SMILES string of the molecule is N#Cc1ccc(-c2cc(CN=C(N)C=CN)cc3c2CN(C#N)C3)cc1. The topological polar surface area (TPSA) is 115 Å². The van der Waals surface area contributed by atoms with Crippen molar-refractivity contribution in [3.8, 4) is 23.4 Å². The largest absolute Gasteiger partial charge is 0.404 e. The fraction of sp³-hybridized carbons (Fsp3) is 0.150. The Morgan fingerprint density at radius 1 is 1.19 bits per heavy atom. The quantitative estimate of drug-likeness (QED) is 0.503. The molecule has 0 aliphatic carbocycles. The number of nitriles is 2. The van der Waals surface area contributed by atoms with Crippen molar-refractivity contribution in [2.24, 2.45) is 16.5 Å². The highest BCUT2D eigenvalue weighted by Crippen LogP contribution is 2.34. The summed E-state index contributed by atoms with van der Waals surface area (Å²) in [5, 5.41) is 18.3. The van der Waals surface area contributed by atoms with Crippen LogP contribution < -0.4 is 11.5 Å². The minimum Gasteiger partial charge on any atom is -0.404 e. The molecule has 1 aliphatic heterocycles. The number of hydrogen-bond donors (Lipinski definition) is 2. The first kappa shape index (κ1) is 17.1. The van der Waals surface area contributed by atoms with Gasteiger partial charge in [-0.15, -0.1) is 0 Å². The first-order valence-electron chi connectivity index (χ1n) is 8.12. The fourth-order valence-corrected chi connectivity index (χ4v) is 3.06. The molecule has 128 valence electrons. The lowest BCUT2D eigenvalue weighted by Crippen LogP contribution is -2.09. The van der Waals surface area contributed by atoms with Crippen LogP contribution in [0, 0.1) is 22.8 Å². The average Bonchev–Trinajstić information content (AvgIpc) is 3.09. The number of fused-ring (bicyclic) bond motifs is 1. The van der Waals surface area contributed by atoms with Crippen LogP contribution in [0.5, 0.6) is 0 Å². The third kappa shape index (κ3) is 3.50. The Hall–Kier alpha value is -3.77. The molecule has 26 heavy (non-hydrogen) atoms. The predicted octanol–water partition coefficient (Wildman–Crippen LogP) is 2.35. The van der Waals surface area contributed by atoms with Gasteiger partial charge in [0.1, 0.15) is 5.84 Å². The van der Waals surface area contributed by atoms with Crippen LogP contribution in [0.15, 0.2) is 53.7 Å². The minimum atomic E-state index is 0.367. The molecule has 6 heteroatoms. The van der Waals surface area contributed by atoms with Crippen LogP contribution in [0.25, 0.3) is 11.1 Å². The number of nitrogens with zero attached hydrogens (tertiary/aromatic N) is 4. The molecule has 2 aromatic carbocycles. The summed E-state index contributed by atoms with van der Waals surface area (Å²) in [7, 11) is 0. The molecule has 0 fully saturated rings. The summed E-state index contributed by atoms with van der Waals surface area (Å²) >= 11 is 0. The van der Waals surface area contributed by atoms with Gasteiger partial charge in [0.15, 0.2) is 6.19 Å². The lowest BCUT2D eigenvalue weighted by Gasteiger charge is -2.11. The minimum absolute atomic E-state index is 0.367. The van der Waals surface area contributed by atoms with E-state index in [9.17, 15) is 5.26 Å². The van der Waals surface area contributed by atoms with E-state index in [1.807, 2.05) is 12.1 Å². The summed E-state index contributed by atoms with van der Waals surface area (Å²) < 4.78 is 0. The van der Waals surface area contributed by atoms with Crippen LogP contribution in [0.3, 0.4) is 0 Å². The van der Waals surface area contributed by atoms with Crippen molar-refractivity contribution in [2.75, 3.05) is 0 Å². The van der Waals surface area contributed by atoms with Gasteiger partial charge in [-0.25, -0.2) is 0 Å². The van der Waals surface area contributed by atoms with E-state index in [0.29, 0.717) is 31.0 Å². The summed E-state index contributed by atoms with van der Waals surface area (Å²) in [6.07, 6.45) is 5.12. The van der Waals surface area contributed by atoms with Gasteiger partial charge in [0.05, 0.1) is 31.3 Å². The van der Waals surface area contributed by atoms with Crippen molar-refractivity contribution < 1.29 is 0 Å². The van der Waals surface area contributed by atoms with E-state index in [4.69, 9.17) is 16.7 Å². The third-order valence-corrected chi connectivity index (χ3v) is 4.29. The second-order valence-corrected chi connectivity index (χ2v) is 6.03. The molecular weight excluding hydrogens is 324 g/mol. The van der Waals surface area contributed by atoms with Crippen molar-refractivity contribution in [3.05, 3.63) is 70.9 Å². The second kappa shape index (κ2) is 7.42. The molecule has 6 nitrogen and oxygen atoms in total. The summed E-state index contributed by atoms with van der Waals surface area (Å²) in [5.41, 5.74) is 17.1. The van der Waals surface area contributed by atoms with Gasteiger partial charge in [0.2, 0.25) is 0 Å². The molecule has 0 saturated heterocycles. The number of rotatable bonds is 4. The van der Waals surface area contributed by atoms with Crippen LogP contribution in [0.2, 0.25) is 0 Å². The van der Waals surface area contributed by atoms with E-state index in [-0.39, 0.29) is 0 Å². The molecule has 3 rings (SSSR count). The zero-order valence-corrected chi connectivity index (χ0v) is 14.2. The van der Waals surface area contributed by atoms with Gasteiger partial charge in [0, 0.05) is 0 Å². The van der Waals surface area contributed by atoms with Gasteiger partial charge in [-0.1, -0.05) is 18.2 Å². The standard InChI is InChI=1S/C20H18N6/c21-6-5-20(24)25-10-15-7-17-11-26(13-23)12-19(17)18(8-15)16-3-1-14(9-22)2-4-16/h1-8H,10-12,21H2,(H2,24,25). The van der Waals surface area contributed by atoms with Gasteiger partial charge < -0.3 is 16.4 Å². The summed E-state index contributed by atoms with van der Waals surface area (Å²) in [6.45, 7) is 1.60. The molecule has 0 amide bonds. The second-order valence-electron chi connectivity index (χ2n) is 6.03. The van der Waals surface area contributed by atoms with E-state index in [0.717, 1.165) is 27.8 Å². The Bertz CT molecular complexity index is 958. The van der Waals surface area contributed by atoms with Gasteiger partial charge >= 0.3 is 0 Å². The van der Waals surface area contributed by atoms with Crippen molar-refractivity contribution in [2.45, 2.75) is 19.6 Å². The number of amidine groups is 1. The zero-order chi connectivity index (χ0) is 18.5. The third-order valence-electron chi connectivity index (χ3n) is 4.29. The Morgan fingerprint density at radius 3 is 2.62 bits per heavy atom. The van der Waals surface area contributed by atoms with E-state index in [2.05, 4.69) is 29.4 Å².